The molecular weight excluding hydrogens is 233 g/mol. The maximum Gasteiger partial charge on any atom is 0.134 e. The third-order valence-electron chi connectivity index (χ3n) is 3.56. The molecule has 0 radical (unpaired) electrons. The highest BCUT2D eigenvalue weighted by Crippen LogP contribution is 2.28. The van der Waals surface area contributed by atoms with E-state index < -0.39 is 0 Å². The lowest BCUT2D eigenvalue weighted by Crippen LogP contribution is -2.22. The maximum atomic E-state index is 12.6. The van der Waals surface area contributed by atoms with Crippen molar-refractivity contribution >= 4 is 16.7 Å². The second-order valence-electron chi connectivity index (χ2n) is 4.77. The molecule has 6 heteroatoms. The average molecular weight is 249 g/mol. The van der Waals surface area contributed by atoms with Crippen molar-refractivity contribution in [3.8, 4) is 0 Å². The Morgan fingerprint density at radius 3 is 3.17 bits per heavy atom. The van der Waals surface area contributed by atoms with Crippen LogP contribution in [0.1, 0.15) is 18.2 Å². The molecule has 1 aliphatic heterocycles. The molecule has 3 rings (SSSR count). The Morgan fingerprint density at radius 1 is 1.61 bits per heavy atom. The Hall–Kier alpha value is -1.69. The molecule has 1 aliphatic rings. The van der Waals surface area contributed by atoms with Crippen LogP contribution >= 0.6 is 0 Å². The molecule has 2 aromatic heterocycles. The second kappa shape index (κ2) is 4.20. The van der Waals surface area contributed by atoms with Crippen molar-refractivity contribution in [3.05, 3.63) is 18.0 Å². The summed E-state index contributed by atoms with van der Waals surface area (Å²) in [6.45, 7) is 2.33. The number of nitrogens with one attached hydrogen (secondary N) is 1. The Balaban J connectivity index is 2.06. The first-order valence-electron chi connectivity index (χ1n) is 6.09. The van der Waals surface area contributed by atoms with Gasteiger partial charge in [0.2, 0.25) is 0 Å². The number of pyridine rings is 1. The predicted octanol–water partition coefficient (Wildman–Crippen LogP) is 1.19. The van der Waals surface area contributed by atoms with Crippen LogP contribution < -0.4 is 11.1 Å². The van der Waals surface area contributed by atoms with E-state index in [4.69, 9.17) is 5.73 Å². The summed E-state index contributed by atoms with van der Waals surface area (Å²) in [5.74, 6) is 0.504. The number of hydrogen-bond donors (Lipinski definition) is 2. The Kier molecular flexibility index (Phi) is 2.66. The molecule has 0 aromatic carbocycles. The van der Waals surface area contributed by atoms with Crippen LogP contribution in [-0.2, 0) is 0 Å². The lowest BCUT2D eigenvalue weighted by molar-refractivity contribution is 0.395. The number of nitrogens with zero attached hydrogens (tertiary/aromatic N) is 3. The van der Waals surface area contributed by atoms with Crippen molar-refractivity contribution in [3.63, 3.8) is 0 Å². The van der Waals surface area contributed by atoms with E-state index in [1.807, 2.05) is 17.7 Å². The summed E-state index contributed by atoms with van der Waals surface area (Å²) in [4.78, 5) is 4.09. The molecule has 0 aliphatic carbocycles. The van der Waals surface area contributed by atoms with Crippen LogP contribution in [0.4, 0.5) is 10.2 Å². The van der Waals surface area contributed by atoms with E-state index in [0.717, 1.165) is 29.6 Å². The molecule has 96 valence electrons. The van der Waals surface area contributed by atoms with Gasteiger partial charge in [-0.2, -0.15) is 5.10 Å². The van der Waals surface area contributed by atoms with Crippen molar-refractivity contribution in [2.24, 2.45) is 0 Å². The number of halogens is 1. The molecule has 1 saturated heterocycles. The molecule has 0 saturated carbocycles. The molecule has 5 nitrogen and oxygen atoms in total. The zero-order valence-electron chi connectivity index (χ0n) is 10.2. The third-order valence-corrected chi connectivity index (χ3v) is 3.56. The van der Waals surface area contributed by atoms with Crippen molar-refractivity contribution in [2.75, 3.05) is 19.0 Å². The number of aryl methyl sites for hydroxylation is 1. The number of nitrogen functional groups attached to an aromatic ring is 1. The summed E-state index contributed by atoms with van der Waals surface area (Å²) >= 11 is 0. The van der Waals surface area contributed by atoms with Gasteiger partial charge in [-0.15, -0.1) is 0 Å². The molecule has 3 heterocycles. The Labute approximate surface area is 104 Å². The van der Waals surface area contributed by atoms with Gasteiger partial charge >= 0.3 is 0 Å². The number of alkyl halides is 1. The highest BCUT2D eigenvalue weighted by Gasteiger charge is 2.27. The number of anilines is 1. The van der Waals surface area contributed by atoms with Crippen LogP contribution in [0, 0.1) is 6.92 Å². The fraction of sp³-hybridized carbons (Fsp3) is 0.500. The van der Waals surface area contributed by atoms with E-state index >= 15 is 0 Å². The van der Waals surface area contributed by atoms with Gasteiger partial charge in [0.05, 0.1) is 22.6 Å². The molecule has 3 N–H and O–H groups in total. The van der Waals surface area contributed by atoms with Crippen molar-refractivity contribution in [2.45, 2.75) is 25.4 Å². The zero-order valence-corrected chi connectivity index (χ0v) is 10.2. The first-order valence-corrected chi connectivity index (χ1v) is 6.09. The van der Waals surface area contributed by atoms with E-state index in [0.29, 0.717) is 5.82 Å². The van der Waals surface area contributed by atoms with Crippen LogP contribution in [0.3, 0.4) is 0 Å². The number of nitrogens with two attached hydrogens (primary N) is 1. The van der Waals surface area contributed by atoms with E-state index in [-0.39, 0.29) is 18.8 Å². The minimum absolute atomic E-state index is 0.0614. The SMILES string of the molecule is Cc1nn([C@@H]2CN[C@@H](CF)C2)c2ccnc(N)c12. The lowest BCUT2D eigenvalue weighted by atomic mass is 10.2. The molecule has 0 bridgehead atoms. The summed E-state index contributed by atoms with van der Waals surface area (Å²) in [6.07, 6.45) is 2.44. The van der Waals surface area contributed by atoms with Gasteiger partial charge in [-0.25, -0.2) is 9.37 Å². The van der Waals surface area contributed by atoms with Crippen LogP contribution in [0.2, 0.25) is 0 Å². The highest BCUT2D eigenvalue weighted by atomic mass is 19.1. The quantitative estimate of drug-likeness (QED) is 0.839. The van der Waals surface area contributed by atoms with Gasteiger partial charge in [0, 0.05) is 18.8 Å². The Morgan fingerprint density at radius 2 is 2.44 bits per heavy atom. The van der Waals surface area contributed by atoms with Crippen LogP contribution in [0.15, 0.2) is 12.3 Å². The first kappa shape index (κ1) is 11.4. The standard InChI is InChI=1S/C12H16FN5/c1-7-11-10(2-3-15-12(11)14)18(17-7)9-4-8(5-13)16-6-9/h2-3,8-9,16H,4-6H2,1H3,(H2,14,15)/t8-,9+/m1/s1. The van der Waals surface area contributed by atoms with Gasteiger partial charge in [0.15, 0.2) is 0 Å². The molecule has 0 unspecified atom stereocenters. The van der Waals surface area contributed by atoms with Crippen molar-refractivity contribution in [1.82, 2.24) is 20.1 Å². The molecule has 1 fully saturated rings. The van der Waals surface area contributed by atoms with E-state index in [1.165, 1.54) is 0 Å². The number of rotatable bonds is 2. The van der Waals surface area contributed by atoms with Crippen LogP contribution in [0.25, 0.3) is 10.9 Å². The second-order valence-corrected chi connectivity index (χ2v) is 4.77. The molecule has 0 spiro atoms. The largest absolute Gasteiger partial charge is 0.383 e. The van der Waals surface area contributed by atoms with Gasteiger partial charge < -0.3 is 11.1 Å². The van der Waals surface area contributed by atoms with Gasteiger partial charge in [-0.05, 0) is 19.4 Å². The molecular formula is C12H16FN5. The van der Waals surface area contributed by atoms with Crippen molar-refractivity contribution in [1.29, 1.82) is 0 Å². The topological polar surface area (TPSA) is 68.8 Å². The smallest absolute Gasteiger partial charge is 0.134 e. The summed E-state index contributed by atoms with van der Waals surface area (Å²) in [7, 11) is 0. The number of aromatic nitrogens is 3. The van der Waals surface area contributed by atoms with Gasteiger partial charge in [0.1, 0.15) is 12.5 Å². The zero-order chi connectivity index (χ0) is 12.7. The van der Waals surface area contributed by atoms with Gasteiger partial charge in [-0.3, -0.25) is 4.68 Å². The number of hydrogen-bond acceptors (Lipinski definition) is 4. The van der Waals surface area contributed by atoms with E-state index in [1.54, 1.807) is 6.20 Å². The summed E-state index contributed by atoms with van der Waals surface area (Å²) in [5.41, 5.74) is 7.73. The third kappa shape index (κ3) is 1.64. The highest BCUT2D eigenvalue weighted by molar-refractivity contribution is 5.90. The van der Waals surface area contributed by atoms with Crippen molar-refractivity contribution < 1.29 is 4.39 Å². The summed E-state index contributed by atoms with van der Waals surface area (Å²) < 4.78 is 14.6. The molecule has 2 aromatic rings. The first-order chi connectivity index (χ1) is 8.70. The van der Waals surface area contributed by atoms with E-state index in [2.05, 4.69) is 15.4 Å². The minimum Gasteiger partial charge on any atom is -0.383 e. The number of fused-ring (bicyclic) bond motifs is 1. The van der Waals surface area contributed by atoms with Gasteiger partial charge in [-0.1, -0.05) is 0 Å². The molecule has 2 atom stereocenters. The summed E-state index contributed by atoms with van der Waals surface area (Å²) in [5, 5.41) is 8.60. The van der Waals surface area contributed by atoms with Crippen LogP contribution in [-0.4, -0.2) is 34.0 Å². The fourth-order valence-electron chi connectivity index (χ4n) is 2.67. The van der Waals surface area contributed by atoms with Crippen LogP contribution in [0.5, 0.6) is 0 Å². The lowest BCUT2D eigenvalue weighted by Gasteiger charge is -2.11. The summed E-state index contributed by atoms with van der Waals surface area (Å²) in [6, 6.07) is 2.03. The molecule has 18 heavy (non-hydrogen) atoms. The monoisotopic (exact) mass is 249 g/mol. The maximum absolute atomic E-state index is 12.6. The predicted molar refractivity (Wildman–Crippen MR) is 68.1 cm³/mol. The Bertz CT molecular complexity index is 579. The van der Waals surface area contributed by atoms with E-state index in [9.17, 15) is 4.39 Å². The normalized spacial score (nSPS) is 23.9. The van der Waals surface area contributed by atoms with Gasteiger partial charge in [0.25, 0.3) is 0 Å². The average Bonchev–Trinajstić information content (AvgIpc) is 2.94. The molecule has 0 amide bonds. The minimum atomic E-state index is -0.335. The fourth-order valence-corrected chi connectivity index (χ4v) is 2.67.